The van der Waals surface area contributed by atoms with E-state index >= 15 is 0 Å². The van der Waals surface area contributed by atoms with Crippen LogP contribution in [0.4, 0.5) is 28.4 Å². The Morgan fingerprint density at radius 1 is 0.796 bits per heavy atom. The molecule has 0 aliphatic carbocycles. The molecule has 4 aromatic rings. The Hall–Kier alpha value is -0.0105. The first-order chi connectivity index (χ1) is 20.5. The Kier molecular flexibility index (Phi) is 25.7. The fourth-order valence-corrected chi connectivity index (χ4v) is 4.46. The molecular weight excluding hydrogens is 798 g/mol. The van der Waals surface area contributed by atoms with Crippen molar-refractivity contribution in [3.05, 3.63) is 79.7 Å². The second-order valence-corrected chi connectivity index (χ2v) is 12.7. The molecule has 0 fully saturated rings. The molecule has 0 spiro atoms. The van der Waals surface area contributed by atoms with Gasteiger partial charge < -0.3 is 31.6 Å². The standard InChI is InChI=1S/C25H20N5O7S2.Cu.4Na.H2O4S/c1-2-38(33,34)17-9-7-16(8-10-17)27-30-24-18-11-14-22(29-28-20-5-3-4-6-23(20)31)25(32)19(18)12-13-21(24)26-15-39(35,36)37;;;;;;1-5(2,3)4/h3,5-13,26,31-32H,1-2,15H2,(H,35,36,37);;;;;;(H2,1,2,3,4)/q-3;;4*+1;/p-2. The molecule has 16 nitrogen and oxygen atoms in total. The van der Waals surface area contributed by atoms with E-state index in [0.717, 1.165) is 0 Å². The quantitative estimate of drug-likeness (QED) is 0.0404. The van der Waals surface area contributed by atoms with E-state index in [9.17, 15) is 31.6 Å². The molecule has 4 N–H and O–H groups in total. The number of benzene rings is 4. The van der Waals surface area contributed by atoms with Gasteiger partial charge in [0, 0.05) is 39.9 Å². The van der Waals surface area contributed by atoms with Crippen LogP contribution in [0.1, 0.15) is 0 Å². The van der Waals surface area contributed by atoms with Crippen LogP contribution < -0.4 is 124 Å². The molecular formula is C25H20CuN5Na4O11S3-. The summed E-state index contributed by atoms with van der Waals surface area (Å²) < 4.78 is 90.4. The fourth-order valence-electron chi connectivity index (χ4n) is 3.34. The molecule has 0 heterocycles. The first kappa shape index (κ1) is 53.3. The third kappa shape index (κ3) is 17.6. The van der Waals surface area contributed by atoms with Crippen molar-refractivity contribution < 1.29 is 184 Å². The average Bonchev–Trinajstić information content (AvgIpc) is 2.94. The summed E-state index contributed by atoms with van der Waals surface area (Å²) in [5.41, 5.74) is 0.550. The third-order valence-corrected chi connectivity index (χ3v) is 7.32. The zero-order valence-corrected chi connectivity index (χ0v) is 37.7. The van der Waals surface area contributed by atoms with Crippen molar-refractivity contribution in [2.75, 3.05) is 16.9 Å². The number of aromatic hydroxyl groups is 2. The summed E-state index contributed by atoms with van der Waals surface area (Å²) in [4.78, 5) is 0.0628. The molecule has 4 aromatic carbocycles. The van der Waals surface area contributed by atoms with Crippen molar-refractivity contribution in [3.63, 3.8) is 0 Å². The molecule has 245 valence electrons. The van der Waals surface area contributed by atoms with Crippen LogP contribution in [-0.4, -0.2) is 60.8 Å². The maximum atomic E-state index is 12.0. The van der Waals surface area contributed by atoms with Crippen LogP contribution in [0.25, 0.3) is 10.8 Å². The molecule has 0 atom stereocenters. The Morgan fingerprint density at radius 2 is 1.39 bits per heavy atom. The number of hydrogen-bond donors (Lipinski definition) is 4. The van der Waals surface area contributed by atoms with Crippen molar-refractivity contribution in [2.45, 2.75) is 4.90 Å². The van der Waals surface area contributed by atoms with Gasteiger partial charge in [-0.1, -0.05) is 22.6 Å². The van der Waals surface area contributed by atoms with Gasteiger partial charge in [-0.05, 0) is 30.3 Å². The topological polar surface area (TPSA) is 271 Å². The predicted molar refractivity (Wildman–Crippen MR) is 154 cm³/mol. The molecule has 4 rings (SSSR count). The van der Waals surface area contributed by atoms with E-state index in [1.165, 1.54) is 60.7 Å². The molecule has 49 heavy (non-hydrogen) atoms. The summed E-state index contributed by atoms with van der Waals surface area (Å²) >= 11 is 0. The van der Waals surface area contributed by atoms with Gasteiger partial charge in [-0.25, -0.2) is 25.3 Å². The number of nitrogens with zero attached hydrogens (tertiary/aromatic N) is 4. The fraction of sp³-hybridized carbons (Fsp3) is 0.0800. The van der Waals surface area contributed by atoms with Gasteiger partial charge in [-0.15, -0.1) is 12.1 Å². The minimum absolute atomic E-state index is 0. The third-order valence-electron chi connectivity index (χ3n) is 5.30. The summed E-state index contributed by atoms with van der Waals surface area (Å²) in [5, 5.41) is 39.8. The van der Waals surface area contributed by atoms with Crippen LogP contribution in [0.2, 0.25) is 0 Å². The SMILES string of the molecule is O=S(=O)([O-])O.[CH2-]CS(=O)(=O)c1ccc(N=Nc2c(NCS(=O)(=O)[O-])ccc3c(O)c(N=Nc4cc[c-]cc4O)[c-]cc23)cc1.[Cu].[Na+].[Na+].[Na+].[Na+]. The van der Waals surface area contributed by atoms with E-state index in [1.807, 2.05) is 0 Å². The van der Waals surface area contributed by atoms with Gasteiger partial charge in [0.05, 0.1) is 22.0 Å². The first-order valence-corrected chi connectivity index (χ1v) is 16.3. The Labute approximate surface area is 381 Å². The number of anilines is 1. The minimum Gasteiger partial charge on any atom is -0.747 e. The summed E-state index contributed by atoms with van der Waals surface area (Å²) in [6.07, 6.45) is 0. The number of phenolic OH excluding ortho intramolecular Hbond substituents is 2. The van der Waals surface area contributed by atoms with Crippen LogP contribution in [0.15, 0.2) is 86.0 Å². The second kappa shape index (κ2) is 23.6. The molecule has 0 bridgehead atoms. The van der Waals surface area contributed by atoms with Gasteiger partial charge in [0.15, 0.2) is 9.84 Å². The van der Waals surface area contributed by atoms with Crippen molar-refractivity contribution in [1.29, 1.82) is 0 Å². The van der Waals surface area contributed by atoms with E-state index in [2.05, 4.69) is 44.8 Å². The van der Waals surface area contributed by atoms with Crippen molar-refractivity contribution >= 4 is 69.6 Å². The maximum Gasteiger partial charge on any atom is 1.00 e. The molecule has 0 amide bonds. The van der Waals surface area contributed by atoms with Crippen molar-refractivity contribution in [1.82, 2.24) is 0 Å². The zero-order valence-electron chi connectivity index (χ0n) is 26.3. The summed E-state index contributed by atoms with van der Waals surface area (Å²) in [6.45, 7) is 3.40. The Balaban J connectivity index is -0.00000197. The normalized spacial score (nSPS) is 11.1. The summed E-state index contributed by atoms with van der Waals surface area (Å²) in [5.74, 6) is -1.74. The number of sulfone groups is 1. The molecule has 0 saturated carbocycles. The first-order valence-electron chi connectivity index (χ1n) is 11.7. The summed E-state index contributed by atoms with van der Waals surface area (Å²) in [6, 6.07) is 19.5. The number of phenols is 2. The second-order valence-electron chi connectivity index (χ2n) is 8.34. The Bertz CT molecular complexity index is 2070. The number of nitrogens with one attached hydrogen (secondary N) is 1. The monoisotopic (exact) mass is 817 g/mol. The van der Waals surface area contributed by atoms with Crippen molar-refractivity contribution in [2.24, 2.45) is 20.5 Å². The number of rotatable bonds is 9. The van der Waals surface area contributed by atoms with E-state index in [1.54, 1.807) is 0 Å². The molecule has 0 saturated heterocycles. The molecule has 0 unspecified atom stereocenters. The number of azo groups is 2. The molecule has 24 heteroatoms. The van der Waals surface area contributed by atoms with Crippen LogP contribution in [-0.2, 0) is 47.4 Å². The number of hydrogen-bond acceptors (Lipinski definition) is 15. The molecule has 0 aliphatic heterocycles. The Morgan fingerprint density at radius 3 is 1.92 bits per heavy atom. The van der Waals surface area contributed by atoms with Crippen LogP contribution in [0.5, 0.6) is 11.5 Å². The average molecular weight is 818 g/mol. The maximum absolute atomic E-state index is 12.0. The largest absolute Gasteiger partial charge is 1.00 e. The van der Waals surface area contributed by atoms with Gasteiger partial charge in [0.1, 0.15) is 16.0 Å². The predicted octanol–water partition coefficient (Wildman–Crippen LogP) is -7.78. The number of fused-ring (bicyclic) bond motifs is 1. The van der Waals surface area contributed by atoms with Gasteiger partial charge in [-0.3, -0.25) is 4.55 Å². The van der Waals surface area contributed by atoms with Gasteiger partial charge in [-0.2, -0.15) is 44.7 Å². The summed E-state index contributed by atoms with van der Waals surface area (Å²) in [7, 11) is -13.1. The van der Waals surface area contributed by atoms with Crippen LogP contribution in [0, 0.1) is 19.1 Å². The van der Waals surface area contributed by atoms with Crippen LogP contribution in [0.3, 0.4) is 0 Å². The van der Waals surface area contributed by atoms with Crippen LogP contribution >= 0.6 is 0 Å². The van der Waals surface area contributed by atoms with Crippen molar-refractivity contribution in [3.8, 4) is 11.5 Å². The smallest absolute Gasteiger partial charge is 0.747 e. The minimum atomic E-state index is -4.92. The molecule has 1 radical (unpaired) electrons. The zero-order chi connectivity index (χ0) is 32.7. The molecule has 0 aromatic heterocycles. The van der Waals surface area contributed by atoms with E-state index in [4.69, 9.17) is 17.5 Å². The molecule has 0 aliphatic rings. The van der Waals surface area contributed by atoms with E-state index in [-0.39, 0.29) is 197 Å². The van der Waals surface area contributed by atoms with Gasteiger partial charge >= 0.3 is 118 Å². The van der Waals surface area contributed by atoms with Gasteiger partial charge in [0.2, 0.25) is 10.4 Å². The van der Waals surface area contributed by atoms with Gasteiger partial charge in [0.25, 0.3) is 0 Å². The van der Waals surface area contributed by atoms with E-state index < -0.39 is 36.2 Å². The van der Waals surface area contributed by atoms with E-state index in [0.29, 0.717) is 0 Å².